The third-order valence-corrected chi connectivity index (χ3v) is 2.79. The van der Waals surface area contributed by atoms with Crippen molar-refractivity contribution in [1.82, 2.24) is 5.32 Å². The summed E-state index contributed by atoms with van der Waals surface area (Å²) in [7, 11) is 0. The Morgan fingerprint density at radius 1 is 1.18 bits per heavy atom. The van der Waals surface area contributed by atoms with Crippen molar-refractivity contribution in [3.63, 3.8) is 0 Å². The maximum absolute atomic E-state index is 5.54. The van der Waals surface area contributed by atoms with E-state index >= 15 is 0 Å². The molecule has 0 spiro atoms. The van der Waals surface area contributed by atoms with Crippen LogP contribution in [0.2, 0.25) is 0 Å². The normalized spacial score (nSPS) is 13.6. The molecule has 0 saturated carbocycles. The first-order valence-electron chi connectivity index (χ1n) is 6.51. The van der Waals surface area contributed by atoms with E-state index in [4.69, 9.17) is 5.73 Å². The molecule has 17 heavy (non-hydrogen) atoms. The molecule has 2 nitrogen and oxygen atoms in total. The smallest absolute Gasteiger partial charge is 0.0325 e. The van der Waals surface area contributed by atoms with Crippen LogP contribution in [0, 0.1) is 5.41 Å². The highest BCUT2D eigenvalue weighted by atomic mass is 14.9. The molecule has 0 aromatic heterocycles. The first-order chi connectivity index (χ1) is 8.03. The molecule has 1 atom stereocenters. The summed E-state index contributed by atoms with van der Waals surface area (Å²) < 4.78 is 0. The maximum atomic E-state index is 5.54. The number of nitrogens with two attached hydrogens (primary N) is 1. The molecule has 3 N–H and O–H groups in total. The van der Waals surface area contributed by atoms with E-state index in [1.54, 1.807) is 0 Å². The highest BCUT2D eigenvalue weighted by Crippen LogP contribution is 2.29. The van der Waals surface area contributed by atoms with Gasteiger partial charge in [-0.2, -0.15) is 0 Å². The van der Waals surface area contributed by atoms with Crippen LogP contribution in [0.5, 0.6) is 0 Å². The van der Waals surface area contributed by atoms with Crippen LogP contribution in [-0.2, 0) is 0 Å². The van der Waals surface area contributed by atoms with Crippen LogP contribution in [-0.4, -0.2) is 13.1 Å². The molecule has 1 rings (SSSR count). The Morgan fingerprint density at radius 2 is 1.82 bits per heavy atom. The van der Waals surface area contributed by atoms with Crippen LogP contribution < -0.4 is 11.1 Å². The summed E-state index contributed by atoms with van der Waals surface area (Å²) in [5.74, 6) is 0. The van der Waals surface area contributed by atoms with Gasteiger partial charge in [-0.1, -0.05) is 51.1 Å². The molecule has 0 bridgehead atoms. The molecule has 2 heteroatoms. The number of hydrogen-bond acceptors (Lipinski definition) is 2. The van der Waals surface area contributed by atoms with Gasteiger partial charge < -0.3 is 11.1 Å². The Labute approximate surface area is 106 Å². The van der Waals surface area contributed by atoms with Crippen LogP contribution in [0.4, 0.5) is 0 Å². The molecule has 0 aliphatic heterocycles. The molecule has 0 amide bonds. The van der Waals surface area contributed by atoms with E-state index in [1.807, 2.05) is 0 Å². The summed E-state index contributed by atoms with van der Waals surface area (Å²) in [5.41, 5.74) is 7.24. The Kier molecular flexibility index (Phi) is 5.66. The fraction of sp³-hybridized carbons (Fsp3) is 0.600. The van der Waals surface area contributed by atoms with Gasteiger partial charge in [0.2, 0.25) is 0 Å². The fourth-order valence-electron chi connectivity index (χ4n) is 1.98. The zero-order valence-electron chi connectivity index (χ0n) is 11.4. The third kappa shape index (κ3) is 5.85. The average Bonchev–Trinajstić information content (AvgIpc) is 2.28. The fourth-order valence-corrected chi connectivity index (χ4v) is 1.98. The predicted octanol–water partition coefficient (Wildman–Crippen LogP) is 3.10. The molecule has 0 saturated heterocycles. The number of nitrogens with one attached hydrogen (secondary N) is 1. The van der Waals surface area contributed by atoms with E-state index in [-0.39, 0.29) is 0 Å². The van der Waals surface area contributed by atoms with Gasteiger partial charge in [-0.3, -0.25) is 0 Å². The Hall–Kier alpha value is -0.860. The molecular weight excluding hydrogens is 208 g/mol. The molecule has 96 valence electrons. The van der Waals surface area contributed by atoms with Gasteiger partial charge in [-0.25, -0.2) is 0 Å². The second-order valence-electron chi connectivity index (χ2n) is 5.82. The zero-order valence-corrected chi connectivity index (χ0v) is 11.4. The predicted molar refractivity (Wildman–Crippen MR) is 74.9 cm³/mol. The van der Waals surface area contributed by atoms with Crippen molar-refractivity contribution in [3.8, 4) is 0 Å². The van der Waals surface area contributed by atoms with Crippen LogP contribution in [0.1, 0.15) is 45.2 Å². The molecule has 0 aliphatic rings. The highest BCUT2D eigenvalue weighted by Gasteiger charge is 2.19. The van der Waals surface area contributed by atoms with Gasteiger partial charge in [0.15, 0.2) is 0 Å². The van der Waals surface area contributed by atoms with Gasteiger partial charge in [-0.05, 0) is 36.9 Å². The Morgan fingerprint density at radius 3 is 2.35 bits per heavy atom. The molecule has 1 unspecified atom stereocenters. The van der Waals surface area contributed by atoms with Gasteiger partial charge in [-0.15, -0.1) is 0 Å². The summed E-state index contributed by atoms with van der Waals surface area (Å²) in [6, 6.07) is 11.1. The second kappa shape index (κ2) is 6.77. The van der Waals surface area contributed by atoms with E-state index in [9.17, 15) is 0 Å². The van der Waals surface area contributed by atoms with Gasteiger partial charge in [0.05, 0.1) is 0 Å². The average molecular weight is 234 g/mol. The minimum absolute atomic E-state index is 0.330. The van der Waals surface area contributed by atoms with Gasteiger partial charge in [0.1, 0.15) is 0 Å². The summed E-state index contributed by atoms with van der Waals surface area (Å²) in [6.07, 6.45) is 2.18. The van der Waals surface area contributed by atoms with Gasteiger partial charge in [0, 0.05) is 6.04 Å². The van der Waals surface area contributed by atoms with E-state index in [0.717, 1.165) is 25.9 Å². The van der Waals surface area contributed by atoms with Crippen molar-refractivity contribution >= 4 is 0 Å². The lowest BCUT2D eigenvalue weighted by molar-refractivity contribution is 0.311. The lowest BCUT2D eigenvalue weighted by Crippen LogP contribution is -2.27. The topological polar surface area (TPSA) is 38.0 Å². The summed E-state index contributed by atoms with van der Waals surface area (Å²) in [6.45, 7) is 8.60. The molecular formula is C15H26N2. The van der Waals surface area contributed by atoms with Gasteiger partial charge >= 0.3 is 0 Å². The standard InChI is InChI=1S/C15H26N2/c1-15(2,3)12-14(17-11-7-10-16)13-8-5-4-6-9-13/h4-6,8-9,14,17H,7,10-12,16H2,1-3H3. The first-order valence-corrected chi connectivity index (χ1v) is 6.51. The maximum Gasteiger partial charge on any atom is 0.0325 e. The zero-order chi connectivity index (χ0) is 12.7. The Bertz CT molecular complexity index is 300. The summed E-state index contributed by atoms with van der Waals surface area (Å²) in [5, 5.41) is 3.61. The van der Waals surface area contributed by atoms with E-state index < -0.39 is 0 Å². The number of benzene rings is 1. The minimum atomic E-state index is 0.330. The SMILES string of the molecule is CC(C)(C)CC(NCCCN)c1ccccc1. The van der Waals surface area contributed by atoms with Crippen molar-refractivity contribution in [2.75, 3.05) is 13.1 Å². The molecule has 0 aliphatic carbocycles. The lowest BCUT2D eigenvalue weighted by atomic mass is 9.85. The molecule has 1 aromatic rings. The second-order valence-corrected chi connectivity index (χ2v) is 5.82. The summed E-state index contributed by atoms with van der Waals surface area (Å²) in [4.78, 5) is 0. The molecule has 0 fully saturated rings. The molecule has 0 radical (unpaired) electrons. The van der Waals surface area contributed by atoms with Crippen molar-refractivity contribution in [3.05, 3.63) is 35.9 Å². The Balaban J connectivity index is 2.65. The number of hydrogen-bond donors (Lipinski definition) is 2. The van der Waals surface area contributed by atoms with E-state index in [0.29, 0.717) is 11.5 Å². The molecule has 0 heterocycles. The van der Waals surface area contributed by atoms with E-state index in [2.05, 4.69) is 56.4 Å². The quantitative estimate of drug-likeness (QED) is 0.742. The van der Waals surface area contributed by atoms with E-state index in [1.165, 1.54) is 5.56 Å². The first kappa shape index (κ1) is 14.2. The van der Waals surface area contributed by atoms with Crippen LogP contribution in [0.25, 0.3) is 0 Å². The van der Waals surface area contributed by atoms with Crippen LogP contribution >= 0.6 is 0 Å². The highest BCUT2D eigenvalue weighted by molar-refractivity contribution is 5.19. The van der Waals surface area contributed by atoms with Crippen molar-refractivity contribution in [2.45, 2.75) is 39.7 Å². The van der Waals surface area contributed by atoms with Crippen molar-refractivity contribution < 1.29 is 0 Å². The van der Waals surface area contributed by atoms with Crippen LogP contribution in [0.15, 0.2) is 30.3 Å². The largest absolute Gasteiger partial charge is 0.330 e. The van der Waals surface area contributed by atoms with Gasteiger partial charge in [0.25, 0.3) is 0 Å². The van der Waals surface area contributed by atoms with Crippen LogP contribution in [0.3, 0.4) is 0 Å². The van der Waals surface area contributed by atoms with Crippen molar-refractivity contribution in [1.29, 1.82) is 0 Å². The number of rotatable bonds is 6. The monoisotopic (exact) mass is 234 g/mol. The third-order valence-electron chi connectivity index (χ3n) is 2.79. The minimum Gasteiger partial charge on any atom is -0.330 e. The lowest BCUT2D eigenvalue weighted by Gasteiger charge is -2.27. The summed E-state index contributed by atoms with van der Waals surface area (Å²) >= 11 is 0. The van der Waals surface area contributed by atoms with Crippen molar-refractivity contribution in [2.24, 2.45) is 11.1 Å². The molecule has 1 aromatic carbocycles.